The molecule has 9 heavy (non-hydrogen) atoms. The number of pyridine rings is 1. The van der Waals surface area contributed by atoms with Crippen molar-refractivity contribution >= 4 is 34.8 Å². The lowest BCUT2D eigenvalue weighted by Crippen LogP contribution is -1.75. The minimum absolute atomic E-state index is 0.240. The highest BCUT2D eigenvalue weighted by Gasteiger charge is 1.96. The molecule has 0 saturated carbocycles. The van der Waals surface area contributed by atoms with Gasteiger partial charge in [0.15, 0.2) is 0 Å². The lowest BCUT2D eigenvalue weighted by atomic mass is 10.5. The summed E-state index contributed by atoms with van der Waals surface area (Å²) in [6.45, 7) is 0. The van der Waals surface area contributed by atoms with Gasteiger partial charge in [-0.3, -0.25) is 0 Å². The molecule has 4 heteroatoms. The van der Waals surface area contributed by atoms with Crippen LogP contribution in [0.3, 0.4) is 0 Å². The fourth-order valence-electron chi connectivity index (χ4n) is 0.395. The van der Waals surface area contributed by atoms with Gasteiger partial charge in [-0.25, -0.2) is 4.98 Å². The summed E-state index contributed by atoms with van der Waals surface area (Å²) in [6.07, 6.45) is 0. The van der Waals surface area contributed by atoms with Crippen molar-refractivity contribution in [1.29, 1.82) is 0 Å². The molecular formula is C5H2Cl3N. The second-order valence-electron chi connectivity index (χ2n) is 1.41. The van der Waals surface area contributed by atoms with Crippen LogP contribution in [0.15, 0.2) is 12.1 Å². The molecule has 1 aromatic rings. The maximum atomic E-state index is 5.53. The molecule has 1 nitrogen and oxygen atoms in total. The second kappa shape index (κ2) is 2.74. The van der Waals surface area contributed by atoms with Gasteiger partial charge < -0.3 is 0 Å². The summed E-state index contributed by atoms with van der Waals surface area (Å²) in [5.74, 6) is 0. The number of hydrogen-bond donors (Lipinski definition) is 0. The summed E-state index contributed by atoms with van der Waals surface area (Å²) in [7, 11) is 0. The topological polar surface area (TPSA) is 12.9 Å². The van der Waals surface area contributed by atoms with Gasteiger partial charge in [0.1, 0.15) is 10.3 Å². The summed E-state index contributed by atoms with van der Waals surface area (Å²) in [5.41, 5.74) is 0. The molecule has 48 valence electrons. The quantitative estimate of drug-likeness (QED) is 0.562. The smallest absolute Gasteiger partial charge is 0.149 e. The zero-order valence-electron chi connectivity index (χ0n) is 4.24. The highest BCUT2D eigenvalue weighted by Crippen LogP contribution is 2.20. The number of aromatic nitrogens is 1. The van der Waals surface area contributed by atoms with Gasteiger partial charge in [0.05, 0.1) is 5.02 Å². The van der Waals surface area contributed by atoms with Gasteiger partial charge in [0.25, 0.3) is 0 Å². The van der Waals surface area contributed by atoms with E-state index in [9.17, 15) is 0 Å². The summed E-state index contributed by atoms with van der Waals surface area (Å²) < 4.78 is 0. The summed E-state index contributed by atoms with van der Waals surface area (Å²) in [4.78, 5) is 3.67. The molecule has 0 spiro atoms. The van der Waals surface area contributed by atoms with Crippen LogP contribution in [0.4, 0.5) is 0 Å². The van der Waals surface area contributed by atoms with Gasteiger partial charge in [0.2, 0.25) is 0 Å². The first kappa shape index (κ1) is 7.13. The SMILES string of the molecule is Clc1ccc(Cl)c(Cl)n1. The van der Waals surface area contributed by atoms with Gasteiger partial charge in [0, 0.05) is 0 Å². The van der Waals surface area contributed by atoms with Crippen LogP contribution in [0.2, 0.25) is 15.3 Å². The zero-order chi connectivity index (χ0) is 6.85. The van der Waals surface area contributed by atoms with E-state index >= 15 is 0 Å². The first-order valence-corrected chi connectivity index (χ1v) is 3.31. The van der Waals surface area contributed by atoms with Gasteiger partial charge >= 0.3 is 0 Å². The third kappa shape index (κ3) is 1.71. The Balaban J connectivity index is 3.17. The highest BCUT2D eigenvalue weighted by atomic mass is 35.5. The zero-order valence-corrected chi connectivity index (χ0v) is 6.50. The first-order chi connectivity index (χ1) is 4.20. The molecule has 0 saturated heterocycles. The Bertz CT molecular complexity index is 223. The molecule has 0 fully saturated rings. The van der Waals surface area contributed by atoms with Crippen LogP contribution in [0, 0.1) is 0 Å². The fourth-order valence-corrected chi connectivity index (χ4v) is 0.845. The largest absolute Gasteiger partial charge is 0.223 e. The lowest BCUT2D eigenvalue weighted by molar-refractivity contribution is 1.33. The van der Waals surface area contributed by atoms with Crippen LogP contribution in [0.5, 0.6) is 0 Å². The number of hydrogen-bond acceptors (Lipinski definition) is 1. The molecule has 0 aromatic carbocycles. The van der Waals surface area contributed by atoms with Crippen molar-refractivity contribution in [3.05, 3.63) is 27.5 Å². The van der Waals surface area contributed by atoms with E-state index in [0.29, 0.717) is 10.2 Å². The van der Waals surface area contributed by atoms with Crippen molar-refractivity contribution in [1.82, 2.24) is 4.98 Å². The molecule has 0 atom stereocenters. The molecule has 1 heterocycles. The highest BCUT2D eigenvalue weighted by molar-refractivity contribution is 6.41. The van der Waals surface area contributed by atoms with Crippen molar-refractivity contribution in [3.8, 4) is 0 Å². The van der Waals surface area contributed by atoms with Crippen molar-refractivity contribution in [2.24, 2.45) is 0 Å². The fraction of sp³-hybridized carbons (Fsp3) is 0. The first-order valence-electron chi connectivity index (χ1n) is 2.17. The van der Waals surface area contributed by atoms with Crippen LogP contribution in [-0.2, 0) is 0 Å². The van der Waals surface area contributed by atoms with E-state index in [1.807, 2.05) is 0 Å². The Morgan fingerprint density at radius 3 is 2.22 bits per heavy atom. The molecule has 0 aliphatic carbocycles. The number of nitrogens with zero attached hydrogens (tertiary/aromatic N) is 1. The molecule has 0 radical (unpaired) electrons. The molecule has 0 amide bonds. The van der Waals surface area contributed by atoms with E-state index in [1.54, 1.807) is 12.1 Å². The Morgan fingerprint density at radius 1 is 1.11 bits per heavy atom. The molecule has 1 aromatic heterocycles. The van der Waals surface area contributed by atoms with Crippen molar-refractivity contribution in [3.63, 3.8) is 0 Å². The molecule has 0 aliphatic heterocycles. The molecule has 1 rings (SSSR count). The Morgan fingerprint density at radius 2 is 1.78 bits per heavy atom. The summed E-state index contributed by atoms with van der Waals surface area (Å²) in [6, 6.07) is 3.18. The molecule has 0 unspecified atom stereocenters. The third-order valence-corrected chi connectivity index (χ3v) is 1.67. The monoisotopic (exact) mass is 181 g/mol. The van der Waals surface area contributed by atoms with Crippen LogP contribution in [0.25, 0.3) is 0 Å². The van der Waals surface area contributed by atoms with E-state index < -0.39 is 0 Å². The van der Waals surface area contributed by atoms with Gasteiger partial charge in [-0.05, 0) is 12.1 Å². The normalized spacial score (nSPS) is 9.67. The van der Waals surface area contributed by atoms with Gasteiger partial charge in [-0.1, -0.05) is 34.8 Å². The standard InChI is InChI=1S/C5H2Cl3N/c6-3-1-2-4(7)9-5(3)8/h1-2H. The van der Waals surface area contributed by atoms with Crippen LogP contribution < -0.4 is 0 Å². The average Bonchev–Trinajstić information content (AvgIpc) is 1.80. The second-order valence-corrected chi connectivity index (χ2v) is 2.56. The van der Waals surface area contributed by atoms with Crippen LogP contribution in [0.1, 0.15) is 0 Å². The maximum absolute atomic E-state index is 5.53. The van der Waals surface area contributed by atoms with Gasteiger partial charge in [-0.2, -0.15) is 0 Å². The third-order valence-electron chi connectivity index (χ3n) is 0.769. The number of rotatable bonds is 0. The van der Waals surface area contributed by atoms with Crippen molar-refractivity contribution < 1.29 is 0 Å². The molecule has 0 N–H and O–H groups in total. The van der Waals surface area contributed by atoms with E-state index in [4.69, 9.17) is 34.8 Å². The van der Waals surface area contributed by atoms with E-state index in [2.05, 4.69) is 4.98 Å². The van der Waals surface area contributed by atoms with E-state index in [0.717, 1.165) is 0 Å². The molecule has 0 bridgehead atoms. The molecule has 0 aliphatic rings. The minimum atomic E-state index is 0.240. The predicted octanol–water partition coefficient (Wildman–Crippen LogP) is 3.04. The van der Waals surface area contributed by atoms with Crippen molar-refractivity contribution in [2.45, 2.75) is 0 Å². The Labute approximate surface area is 67.6 Å². The summed E-state index contributed by atoms with van der Waals surface area (Å²) in [5, 5.41) is 1.01. The van der Waals surface area contributed by atoms with Crippen LogP contribution >= 0.6 is 34.8 Å². The molecular weight excluding hydrogens is 180 g/mol. The average molecular weight is 182 g/mol. The van der Waals surface area contributed by atoms with E-state index in [-0.39, 0.29) is 5.15 Å². The maximum Gasteiger partial charge on any atom is 0.149 e. The predicted molar refractivity (Wildman–Crippen MR) is 39.3 cm³/mol. The lowest BCUT2D eigenvalue weighted by Gasteiger charge is -1.91. The summed E-state index contributed by atoms with van der Waals surface area (Å²) >= 11 is 16.5. The van der Waals surface area contributed by atoms with Crippen molar-refractivity contribution in [2.75, 3.05) is 0 Å². The van der Waals surface area contributed by atoms with E-state index in [1.165, 1.54) is 0 Å². The minimum Gasteiger partial charge on any atom is -0.223 e. The number of halogens is 3. The Hall–Kier alpha value is 0.0200. The van der Waals surface area contributed by atoms with Crippen LogP contribution in [-0.4, -0.2) is 4.98 Å². The van der Waals surface area contributed by atoms with Gasteiger partial charge in [-0.15, -0.1) is 0 Å². The Kier molecular flexibility index (Phi) is 2.17.